The fourth-order valence-electron chi connectivity index (χ4n) is 3.47. The third kappa shape index (κ3) is 3.57. The van der Waals surface area contributed by atoms with Crippen LogP contribution in [0.3, 0.4) is 0 Å². The van der Waals surface area contributed by atoms with Crippen molar-refractivity contribution in [1.29, 1.82) is 0 Å². The maximum absolute atomic E-state index is 13.3. The molecular formula is C24H19N3O4. The van der Waals surface area contributed by atoms with E-state index in [1.165, 1.54) is 0 Å². The van der Waals surface area contributed by atoms with Crippen molar-refractivity contribution in [3.63, 3.8) is 0 Å². The molecule has 4 aromatic rings. The molecule has 0 unspecified atom stereocenters. The van der Waals surface area contributed by atoms with Gasteiger partial charge in [0.25, 0.3) is 5.91 Å². The summed E-state index contributed by atoms with van der Waals surface area (Å²) in [5, 5.41) is 7.64. The van der Waals surface area contributed by atoms with Crippen LogP contribution in [-0.4, -0.2) is 29.6 Å². The number of amides is 1. The van der Waals surface area contributed by atoms with E-state index in [0.717, 1.165) is 11.3 Å². The number of nitrogens with zero attached hydrogens (tertiary/aromatic N) is 2. The van der Waals surface area contributed by atoms with Crippen LogP contribution in [0.1, 0.15) is 10.4 Å². The number of carbonyl (C=O) groups excluding carboxylic acids is 1. The van der Waals surface area contributed by atoms with E-state index in [-0.39, 0.29) is 12.7 Å². The summed E-state index contributed by atoms with van der Waals surface area (Å²) >= 11 is 0. The Kier molecular flexibility index (Phi) is 4.76. The molecule has 1 aromatic heterocycles. The first kappa shape index (κ1) is 18.7. The van der Waals surface area contributed by atoms with E-state index in [0.29, 0.717) is 34.2 Å². The van der Waals surface area contributed by atoms with Gasteiger partial charge in [0.05, 0.1) is 18.4 Å². The number of ether oxygens (including phenoxy) is 3. The average molecular weight is 413 g/mol. The largest absolute Gasteiger partial charge is 0.496 e. The van der Waals surface area contributed by atoms with Crippen LogP contribution in [0.5, 0.6) is 17.2 Å². The van der Waals surface area contributed by atoms with E-state index in [1.807, 2.05) is 54.6 Å². The molecule has 3 aromatic carbocycles. The van der Waals surface area contributed by atoms with Gasteiger partial charge in [-0.25, -0.2) is 4.68 Å². The number of hydrogen-bond donors (Lipinski definition) is 1. The topological polar surface area (TPSA) is 74.6 Å². The van der Waals surface area contributed by atoms with E-state index in [4.69, 9.17) is 19.3 Å². The van der Waals surface area contributed by atoms with Gasteiger partial charge in [-0.3, -0.25) is 4.79 Å². The lowest BCUT2D eigenvalue weighted by molar-refractivity contribution is 0.102. The Bertz CT molecular complexity index is 1250. The molecule has 0 saturated heterocycles. The highest BCUT2D eigenvalue weighted by atomic mass is 16.7. The van der Waals surface area contributed by atoms with Crippen LogP contribution in [0.2, 0.25) is 0 Å². The molecule has 1 aliphatic heterocycles. The Morgan fingerprint density at radius 2 is 1.77 bits per heavy atom. The number of benzene rings is 3. The van der Waals surface area contributed by atoms with Crippen LogP contribution in [0, 0.1) is 0 Å². The summed E-state index contributed by atoms with van der Waals surface area (Å²) < 4.78 is 17.9. The molecule has 1 aliphatic rings. The number of para-hydroxylation sites is 2. The molecule has 0 atom stereocenters. The van der Waals surface area contributed by atoms with E-state index in [1.54, 1.807) is 36.2 Å². The molecule has 0 radical (unpaired) electrons. The van der Waals surface area contributed by atoms with Gasteiger partial charge in [-0.1, -0.05) is 30.3 Å². The highest BCUT2D eigenvalue weighted by Gasteiger charge is 2.22. The zero-order valence-corrected chi connectivity index (χ0v) is 16.7. The van der Waals surface area contributed by atoms with Crippen molar-refractivity contribution in [3.8, 4) is 34.2 Å². The fraction of sp³-hybridized carbons (Fsp3) is 0.0833. The molecule has 7 heteroatoms. The van der Waals surface area contributed by atoms with Gasteiger partial charge in [0.15, 0.2) is 11.5 Å². The van der Waals surface area contributed by atoms with Gasteiger partial charge < -0.3 is 19.5 Å². The summed E-state index contributed by atoms with van der Waals surface area (Å²) in [4.78, 5) is 13.3. The van der Waals surface area contributed by atoms with Gasteiger partial charge in [-0.2, -0.15) is 5.10 Å². The number of rotatable bonds is 5. The van der Waals surface area contributed by atoms with Crippen LogP contribution < -0.4 is 19.5 Å². The van der Waals surface area contributed by atoms with Crippen LogP contribution in [0.4, 0.5) is 5.69 Å². The van der Waals surface area contributed by atoms with Crippen molar-refractivity contribution in [2.45, 2.75) is 0 Å². The van der Waals surface area contributed by atoms with Crippen molar-refractivity contribution in [2.75, 3.05) is 19.2 Å². The highest BCUT2D eigenvalue weighted by Crippen LogP contribution is 2.35. The zero-order chi connectivity index (χ0) is 21.2. The number of anilines is 1. The van der Waals surface area contributed by atoms with Crippen LogP contribution in [-0.2, 0) is 0 Å². The second kappa shape index (κ2) is 7.87. The molecule has 0 bridgehead atoms. The quantitative estimate of drug-likeness (QED) is 0.520. The maximum atomic E-state index is 13.3. The Labute approximate surface area is 178 Å². The molecule has 1 amide bonds. The fourth-order valence-corrected chi connectivity index (χ4v) is 3.47. The highest BCUT2D eigenvalue weighted by molar-refractivity contribution is 6.08. The van der Waals surface area contributed by atoms with Crippen LogP contribution >= 0.6 is 0 Å². The van der Waals surface area contributed by atoms with Gasteiger partial charge in [0.2, 0.25) is 6.79 Å². The molecule has 0 fully saturated rings. The molecule has 154 valence electrons. The summed E-state index contributed by atoms with van der Waals surface area (Å²) in [6.45, 7) is 0.175. The summed E-state index contributed by atoms with van der Waals surface area (Å²) in [5.41, 5.74) is 3.13. The monoisotopic (exact) mass is 413 g/mol. The Balaban J connectivity index is 1.56. The Morgan fingerprint density at radius 3 is 2.61 bits per heavy atom. The second-order valence-electron chi connectivity index (χ2n) is 6.89. The van der Waals surface area contributed by atoms with Crippen molar-refractivity contribution >= 4 is 11.6 Å². The average Bonchev–Trinajstić information content (AvgIpc) is 3.46. The van der Waals surface area contributed by atoms with Gasteiger partial charge in [0, 0.05) is 23.5 Å². The van der Waals surface area contributed by atoms with E-state index >= 15 is 0 Å². The van der Waals surface area contributed by atoms with Crippen molar-refractivity contribution in [2.24, 2.45) is 0 Å². The molecule has 0 aliphatic carbocycles. The molecule has 0 saturated carbocycles. The number of methoxy groups -OCH3 is 1. The first-order chi connectivity index (χ1) is 15.2. The number of carbonyl (C=O) groups is 1. The summed E-state index contributed by atoms with van der Waals surface area (Å²) in [6.07, 6.45) is 1.72. The van der Waals surface area contributed by atoms with Crippen molar-refractivity contribution in [1.82, 2.24) is 9.78 Å². The first-order valence-electron chi connectivity index (χ1n) is 9.72. The molecular weight excluding hydrogens is 394 g/mol. The van der Waals surface area contributed by atoms with E-state index in [9.17, 15) is 4.79 Å². The van der Waals surface area contributed by atoms with E-state index in [2.05, 4.69) is 5.32 Å². The smallest absolute Gasteiger partial charge is 0.259 e. The number of aromatic nitrogens is 2. The minimum absolute atomic E-state index is 0.175. The zero-order valence-electron chi connectivity index (χ0n) is 16.7. The summed E-state index contributed by atoms with van der Waals surface area (Å²) in [5.74, 6) is 1.60. The minimum atomic E-state index is -0.290. The molecule has 1 N–H and O–H groups in total. The molecule has 7 nitrogen and oxygen atoms in total. The minimum Gasteiger partial charge on any atom is -0.496 e. The Morgan fingerprint density at radius 1 is 1.00 bits per heavy atom. The van der Waals surface area contributed by atoms with Gasteiger partial charge in [-0.05, 0) is 36.4 Å². The molecule has 0 spiro atoms. The number of hydrogen-bond acceptors (Lipinski definition) is 5. The SMILES string of the molecule is COc1ccccc1-c1nn(-c2ccccc2)cc1C(=O)Nc1ccc2c(c1)OCO2. The predicted molar refractivity (Wildman–Crippen MR) is 116 cm³/mol. The van der Waals surface area contributed by atoms with Crippen molar-refractivity contribution < 1.29 is 19.0 Å². The lowest BCUT2D eigenvalue weighted by atomic mass is 10.1. The number of fused-ring (bicyclic) bond motifs is 1. The third-order valence-electron chi connectivity index (χ3n) is 4.97. The van der Waals surface area contributed by atoms with Gasteiger partial charge in [-0.15, -0.1) is 0 Å². The summed E-state index contributed by atoms with van der Waals surface area (Å²) in [7, 11) is 1.60. The third-order valence-corrected chi connectivity index (χ3v) is 4.97. The van der Waals surface area contributed by atoms with Crippen molar-refractivity contribution in [3.05, 3.63) is 84.6 Å². The summed E-state index contributed by atoms with van der Waals surface area (Å²) in [6, 6.07) is 22.4. The second-order valence-corrected chi connectivity index (χ2v) is 6.89. The van der Waals surface area contributed by atoms with Gasteiger partial charge >= 0.3 is 0 Å². The lowest BCUT2D eigenvalue weighted by Gasteiger charge is -2.09. The molecule has 2 heterocycles. The first-order valence-corrected chi connectivity index (χ1v) is 9.72. The number of nitrogens with one attached hydrogen (secondary N) is 1. The lowest BCUT2D eigenvalue weighted by Crippen LogP contribution is -2.12. The normalized spacial score (nSPS) is 11.9. The van der Waals surface area contributed by atoms with Crippen LogP contribution in [0.25, 0.3) is 16.9 Å². The molecule has 31 heavy (non-hydrogen) atoms. The standard InChI is InChI=1S/C24H19N3O4/c1-29-20-10-6-5-9-18(20)23-19(14-27(26-23)17-7-3-2-4-8-17)24(28)25-16-11-12-21-22(13-16)31-15-30-21/h2-14H,15H2,1H3,(H,25,28). The Hall–Kier alpha value is -4.26. The van der Waals surface area contributed by atoms with Gasteiger partial charge in [0.1, 0.15) is 11.4 Å². The van der Waals surface area contributed by atoms with E-state index < -0.39 is 0 Å². The predicted octanol–water partition coefficient (Wildman–Crippen LogP) is 4.53. The maximum Gasteiger partial charge on any atom is 0.259 e. The van der Waals surface area contributed by atoms with Crippen LogP contribution in [0.15, 0.2) is 79.0 Å². The molecule has 5 rings (SSSR count).